The van der Waals surface area contributed by atoms with Crippen LogP contribution >= 0.6 is 0 Å². The highest BCUT2D eigenvalue weighted by atomic mass is 16.5. The number of aliphatic imine (C=N–C) groups is 1. The van der Waals surface area contributed by atoms with Crippen LogP contribution in [0.4, 0.5) is 0 Å². The maximum absolute atomic E-state index is 14.9. The zero-order chi connectivity index (χ0) is 47.9. The van der Waals surface area contributed by atoms with Gasteiger partial charge in [-0.25, -0.2) is 0 Å². The van der Waals surface area contributed by atoms with Crippen LogP contribution in [0.25, 0.3) is 0 Å². The first-order valence-electron chi connectivity index (χ1n) is 26.8. The van der Waals surface area contributed by atoms with Gasteiger partial charge in [-0.15, -0.1) is 5.92 Å². The number of aliphatic hydroxyl groups excluding tert-OH is 3. The average Bonchev–Trinajstić information content (AvgIpc) is 4.03. The van der Waals surface area contributed by atoms with E-state index in [0.29, 0.717) is 55.9 Å². The summed E-state index contributed by atoms with van der Waals surface area (Å²) in [6.45, 7) is 6.85. The molecular formula is C56H80N4O8. The molecule has 0 amide bonds. The molecule has 2 heterocycles. The molecule has 0 bridgehead atoms. The third-order valence-corrected chi connectivity index (χ3v) is 21.0. The molecule has 10 N–H and O–H groups in total. The van der Waals surface area contributed by atoms with Crippen LogP contribution in [-0.4, -0.2) is 90.9 Å². The number of esters is 1. The number of allylic oxidation sites excluding steroid dienone is 3. The van der Waals surface area contributed by atoms with E-state index >= 15 is 0 Å². The van der Waals surface area contributed by atoms with Crippen molar-refractivity contribution in [1.29, 1.82) is 0 Å². The summed E-state index contributed by atoms with van der Waals surface area (Å²) in [6, 6.07) is 1.97. The highest BCUT2D eigenvalue weighted by Gasteiger charge is 2.74. The molecule has 1 saturated heterocycles. The molecule has 12 nitrogen and oxygen atoms in total. The third-order valence-electron chi connectivity index (χ3n) is 21.0. The summed E-state index contributed by atoms with van der Waals surface area (Å²) in [5.41, 5.74) is 10.1. The van der Waals surface area contributed by atoms with Crippen LogP contribution in [-0.2, 0) is 14.3 Å². The number of carbonyl (C=O) groups is 2. The Bertz CT molecular complexity index is 2220. The van der Waals surface area contributed by atoms with Gasteiger partial charge < -0.3 is 46.7 Å². The van der Waals surface area contributed by atoms with Crippen LogP contribution in [0.15, 0.2) is 46.8 Å². The monoisotopic (exact) mass is 937 g/mol. The molecular weight excluding hydrogens is 857 g/mol. The second-order valence-electron chi connectivity index (χ2n) is 24.2. The minimum atomic E-state index is -1.69. The summed E-state index contributed by atoms with van der Waals surface area (Å²) in [5.74, 6) is 6.24. The predicted octanol–water partition coefficient (Wildman–Crippen LogP) is 6.46. The van der Waals surface area contributed by atoms with E-state index < -0.39 is 64.0 Å². The SMILES string of the molecule is CC1CCC2=CCC3C(C)CC(O)C(C)(O)C4C(CC#CC(C5COC(=O)C5c5cc[nH]c5)CC3C2C1)CC1(O)C2=CC(=O)C3CC(O)C(O)CC3(C3CCCCC3)C2CCC41CCN=C(N)N. The standard InChI is InChI=1S/C56H80N4O8/c1-31-12-13-33-14-15-38-32(2)23-48(64)53(3,66)50-35(9-7-8-34(24-40(38)39(33)22-31)41-30-68-51(65)49(41)36-17-20-59-29-36)27-56(67)43-25-45(61)44-26-46(62)47(63)28-55(44,37-10-5-4-6-11-37)42(43)16-18-54(50,56)19-21-60-52(57)58/h14,17,20,25,29,31-32,34-35,37-42,44,46-50,59,62-64,66-67H,4-6,9-13,15-16,18-19,21-24,26-28,30H2,1-3H3,(H4,57,58,60). The van der Waals surface area contributed by atoms with Crippen molar-refractivity contribution in [3.05, 3.63) is 47.3 Å². The number of nitrogens with one attached hydrogen (secondary N) is 1. The molecule has 1 aromatic rings. The molecule has 0 radical (unpaired) electrons. The largest absolute Gasteiger partial charge is 0.465 e. The fourth-order valence-corrected chi connectivity index (χ4v) is 18.0. The lowest BCUT2D eigenvalue weighted by atomic mass is 9.41. The Morgan fingerprint density at radius 3 is 2.49 bits per heavy atom. The first kappa shape index (κ1) is 48.2. The number of H-pyrrole nitrogens is 1. The Labute approximate surface area is 403 Å². The highest BCUT2D eigenvalue weighted by molar-refractivity contribution is 5.95. The van der Waals surface area contributed by atoms with Crippen molar-refractivity contribution in [2.75, 3.05) is 13.2 Å². The van der Waals surface area contributed by atoms with Crippen LogP contribution in [0.1, 0.15) is 148 Å². The smallest absolute Gasteiger partial charge is 0.313 e. The molecule has 12 heteroatoms. The zero-order valence-corrected chi connectivity index (χ0v) is 40.8. The lowest BCUT2D eigenvalue weighted by Gasteiger charge is -2.64. The molecule has 0 aromatic carbocycles. The molecule has 5 saturated carbocycles. The molecule has 19 atom stereocenters. The zero-order valence-electron chi connectivity index (χ0n) is 40.8. The van der Waals surface area contributed by atoms with Gasteiger partial charge in [0.25, 0.3) is 0 Å². The molecule has 1 aliphatic heterocycles. The van der Waals surface area contributed by atoms with Gasteiger partial charge in [0.1, 0.15) is 0 Å². The fraction of sp³-hybridized carbons (Fsp3) is 0.768. The number of nitrogens with two attached hydrogens (primary N) is 2. The molecule has 372 valence electrons. The van der Waals surface area contributed by atoms with E-state index in [1.54, 1.807) is 18.6 Å². The number of aromatic amines is 1. The average molecular weight is 937 g/mol. The molecule has 1 aromatic heterocycles. The number of fused-ring (bicyclic) bond motifs is 10. The number of aromatic nitrogens is 1. The Hall–Kier alpha value is -3.47. The summed E-state index contributed by atoms with van der Waals surface area (Å²) < 4.78 is 5.92. The first-order valence-corrected chi connectivity index (χ1v) is 26.8. The van der Waals surface area contributed by atoms with Crippen LogP contribution < -0.4 is 11.5 Å². The second-order valence-corrected chi connectivity index (χ2v) is 24.2. The summed E-state index contributed by atoms with van der Waals surface area (Å²) in [6.07, 6.45) is 17.8. The van der Waals surface area contributed by atoms with Crippen LogP contribution in [0.5, 0.6) is 0 Å². The van der Waals surface area contributed by atoms with Crippen molar-refractivity contribution in [2.45, 2.75) is 172 Å². The molecule has 9 aliphatic rings. The summed E-state index contributed by atoms with van der Waals surface area (Å²) in [4.78, 5) is 36.2. The number of carbonyl (C=O) groups excluding carboxylic acids is 2. The van der Waals surface area contributed by atoms with Gasteiger partial charge in [-0.1, -0.05) is 50.7 Å². The van der Waals surface area contributed by atoms with Crippen molar-refractivity contribution in [3.8, 4) is 11.8 Å². The number of hydrogen-bond donors (Lipinski definition) is 8. The highest BCUT2D eigenvalue weighted by Crippen LogP contribution is 2.73. The molecule has 68 heavy (non-hydrogen) atoms. The molecule has 10 rings (SSSR count). The number of hydrogen-bond acceptors (Lipinski definition) is 9. The maximum Gasteiger partial charge on any atom is 0.313 e. The molecule has 19 unspecified atom stereocenters. The summed E-state index contributed by atoms with van der Waals surface area (Å²) >= 11 is 0. The van der Waals surface area contributed by atoms with E-state index in [4.69, 9.17) is 16.2 Å². The normalized spacial score (nSPS) is 47.3. The fourth-order valence-electron chi connectivity index (χ4n) is 18.0. The van der Waals surface area contributed by atoms with Gasteiger partial charge in [-0.05, 0) is 173 Å². The van der Waals surface area contributed by atoms with Gasteiger partial charge in [0.15, 0.2) is 11.7 Å². The van der Waals surface area contributed by atoms with Gasteiger partial charge in [-0.2, -0.15) is 0 Å². The van der Waals surface area contributed by atoms with Gasteiger partial charge in [0.2, 0.25) is 0 Å². The van der Waals surface area contributed by atoms with Crippen LogP contribution in [0.3, 0.4) is 0 Å². The summed E-state index contributed by atoms with van der Waals surface area (Å²) in [7, 11) is 0. The second kappa shape index (κ2) is 18.3. The predicted molar refractivity (Wildman–Crippen MR) is 259 cm³/mol. The minimum Gasteiger partial charge on any atom is -0.465 e. The lowest BCUT2D eigenvalue weighted by molar-refractivity contribution is -0.196. The minimum absolute atomic E-state index is 0.0268. The van der Waals surface area contributed by atoms with E-state index in [2.05, 4.69) is 41.7 Å². The van der Waals surface area contributed by atoms with E-state index in [9.17, 15) is 35.1 Å². The Balaban J connectivity index is 1.11. The van der Waals surface area contributed by atoms with Crippen LogP contribution in [0.2, 0.25) is 0 Å². The van der Waals surface area contributed by atoms with E-state index in [1.807, 2.05) is 18.5 Å². The van der Waals surface area contributed by atoms with E-state index in [0.717, 1.165) is 63.4 Å². The number of ether oxygens (including phenoxy) is 1. The Morgan fingerprint density at radius 1 is 0.941 bits per heavy atom. The lowest BCUT2D eigenvalue weighted by Crippen LogP contribution is -2.66. The van der Waals surface area contributed by atoms with Gasteiger partial charge in [0, 0.05) is 54.4 Å². The van der Waals surface area contributed by atoms with Crippen molar-refractivity contribution in [2.24, 2.45) is 98.3 Å². The topological polar surface area (TPSA) is 225 Å². The van der Waals surface area contributed by atoms with Crippen LogP contribution in [0, 0.1) is 93.7 Å². The number of ketones is 1. The first-order chi connectivity index (χ1) is 32.5. The van der Waals surface area contributed by atoms with Gasteiger partial charge in [-0.3, -0.25) is 14.6 Å². The third kappa shape index (κ3) is 7.77. The number of cyclic esters (lactones) is 1. The van der Waals surface area contributed by atoms with Crippen molar-refractivity contribution >= 4 is 17.7 Å². The van der Waals surface area contributed by atoms with Crippen molar-refractivity contribution < 1.29 is 39.9 Å². The van der Waals surface area contributed by atoms with Gasteiger partial charge in [0.05, 0.1) is 42.0 Å². The number of guanidine groups is 1. The molecule has 0 spiro atoms. The Morgan fingerprint density at radius 2 is 1.74 bits per heavy atom. The number of nitrogens with zero attached hydrogens (tertiary/aromatic N) is 1. The van der Waals surface area contributed by atoms with Gasteiger partial charge >= 0.3 is 5.97 Å². The quantitative estimate of drug-likeness (QED) is 0.0511. The van der Waals surface area contributed by atoms with E-state index in [-0.39, 0.29) is 85.1 Å². The number of aliphatic hydroxyl groups is 5. The number of rotatable bonds is 6. The Kier molecular flexibility index (Phi) is 13.0. The van der Waals surface area contributed by atoms with Crippen molar-refractivity contribution in [3.63, 3.8) is 0 Å². The molecule has 6 fully saturated rings. The summed E-state index contributed by atoms with van der Waals surface area (Å²) in [5, 5.41) is 63.2. The maximum atomic E-state index is 14.9. The van der Waals surface area contributed by atoms with E-state index in [1.165, 1.54) is 6.42 Å². The molecule has 8 aliphatic carbocycles. The van der Waals surface area contributed by atoms with Crippen molar-refractivity contribution in [1.82, 2.24) is 4.98 Å².